The topological polar surface area (TPSA) is 20.2 Å². The van der Waals surface area contributed by atoms with Crippen LogP contribution in [-0.2, 0) is 0 Å². The molecule has 1 N–H and O–H groups in total. The van der Waals surface area contributed by atoms with Gasteiger partial charge < -0.3 is 5.11 Å². The van der Waals surface area contributed by atoms with Gasteiger partial charge in [0, 0.05) is 0 Å². The molecule has 0 radical (unpaired) electrons. The zero-order valence-electron chi connectivity index (χ0n) is 7.76. The van der Waals surface area contributed by atoms with E-state index >= 15 is 0 Å². The highest BCUT2D eigenvalue weighted by Crippen LogP contribution is 2.54. The van der Waals surface area contributed by atoms with Crippen molar-refractivity contribution in [3.63, 3.8) is 0 Å². The number of alkyl halides is 11. The van der Waals surface area contributed by atoms with Crippen LogP contribution >= 0.6 is 0 Å². The Hall–Kier alpha value is -0.810. The van der Waals surface area contributed by atoms with Crippen LogP contribution in [0.1, 0.15) is 0 Å². The molecule has 110 valence electrons. The first-order valence-electron chi connectivity index (χ1n) is 3.77. The maximum absolute atomic E-state index is 12.4. The lowest BCUT2D eigenvalue weighted by molar-refractivity contribution is -0.407. The van der Waals surface area contributed by atoms with Gasteiger partial charge in [-0.1, -0.05) is 0 Å². The number of rotatable bonds is 4. The molecule has 0 aliphatic rings. The standard InChI is InChI=1S/C6H3F11O/c7-1(2(8)18)3(9,10)4(11,12)5(13,14)6(15,16)17/h1-2,18H. The van der Waals surface area contributed by atoms with Gasteiger partial charge in [0.15, 0.2) is 0 Å². The Balaban J connectivity index is 5.64. The van der Waals surface area contributed by atoms with Crippen molar-refractivity contribution in [1.82, 2.24) is 0 Å². The number of halogens is 11. The van der Waals surface area contributed by atoms with Gasteiger partial charge >= 0.3 is 23.9 Å². The van der Waals surface area contributed by atoms with Crippen molar-refractivity contribution in [3.8, 4) is 0 Å². The van der Waals surface area contributed by atoms with Crippen molar-refractivity contribution in [2.75, 3.05) is 0 Å². The molecule has 0 heterocycles. The molecule has 1 nitrogen and oxygen atoms in total. The van der Waals surface area contributed by atoms with Gasteiger partial charge in [0.2, 0.25) is 12.5 Å². The van der Waals surface area contributed by atoms with E-state index in [2.05, 4.69) is 0 Å². The van der Waals surface area contributed by atoms with Gasteiger partial charge in [-0.25, -0.2) is 8.78 Å². The second kappa shape index (κ2) is 4.38. The third-order valence-corrected chi connectivity index (χ3v) is 1.76. The van der Waals surface area contributed by atoms with Crippen LogP contribution in [0.5, 0.6) is 0 Å². The predicted octanol–water partition coefficient (Wildman–Crippen LogP) is 3.08. The van der Waals surface area contributed by atoms with Gasteiger partial charge in [0.05, 0.1) is 0 Å². The van der Waals surface area contributed by atoms with Crippen molar-refractivity contribution >= 4 is 0 Å². The van der Waals surface area contributed by atoms with Crippen LogP contribution in [0.3, 0.4) is 0 Å². The van der Waals surface area contributed by atoms with Crippen molar-refractivity contribution < 1.29 is 53.4 Å². The fourth-order valence-corrected chi connectivity index (χ4v) is 0.733. The zero-order valence-corrected chi connectivity index (χ0v) is 7.76. The molecule has 2 unspecified atom stereocenters. The molecule has 0 saturated heterocycles. The largest absolute Gasteiger partial charge is 0.460 e. The highest BCUT2D eigenvalue weighted by atomic mass is 19.4. The van der Waals surface area contributed by atoms with Crippen LogP contribution in [0, 0.1) is 0 Å². The van der Waals surface area contributed by atoms with Crippen LogP contribution < -0.4 is 0 Å². The average Bonchev–Trinajstić information content (AvgIpc) is 2.13. The molecule has 0 aliphatic heterocycles. The van der Waals surface area contributed by atoms with E-state index in [4.69, 9.17) is 5.11 Å². The molecule has 0 aromatic heterocycles. The summed E-state index contributed by atoms with van der Waals surface area (Å²) in [7, 11) is 0. The average molecular weight is 300 g/mol. The maximum atomic E-state index is 12.4. The molecule has 0 saturated carbocycles. The summed E-state index contributed by atoms with van der Waals surface area (Å²) < 4.78 is 132. The predicted molar refractivity (Wildman–Crippen MR) is 32.9 cm³/mol. The molecule has 0 rings (SSSR count). The van der Waals surface area contributed by atoms with E-state index in [0.717, 1.165) is 0 Å². The third kappa shape index (κ3) is 2.34. The molecule has 0 aromatic rings. The Kier molecular flexibility index (Phi) is 4.19. The summed E-state index contributed by atoms with van der Waals surface area (Å²) >= 11 is 0. The van der Waals surface area contributed by atoms with Crippen molar-refractivity contribution in [2.45, 2.75) is 36.5 Å². The van der Waals surface area contributed by atoms with Crippen molar-refractivity contribution in [1.29, 1.82) is 0 Å². The summed E-state index contributed by atoms with van der Waals surface area (Å²) in [5, 5.41) is 7.61. The van der Waals surface area contributed by atoms with Gasteiger partial charge in [-0.05, 0) is 0 Å². The number of aliphatic hydroxyl groups is 1. The Morgan fingerprint density at radius 3 is 1.22 bits per heavy atom. The molecule has 0 aromatic carbocycles. The summed E-state index contributed by atoms with van der Waals surface area (Å²) in [5.74, 6) is -21.4. The second-order valence-electron chi connectivity index (χ2n) is 3.04. The Morgan fingerprint density at radius 1 is 0.667 bits per heavy atom. The second-order valence-corrected chi connectivity index (χ2v) is 3.04. The summed E-state index contributed by atoms with van der Waals surface area (Å²) in [5.41, 5.74) is 0. The fraction of sp³-hybridized carbons (Fsp3) is 1.00. The minimum atomic E-state index is -7.32. The van der Waals surface area contributed by atoms with Gasteiger partial charge in [-0.2, -0.15) is 39.5 Å². The van der Waals surface area contributed by atoms with Crippen molar-refractivity contribution in [2.24, 2.45) is 0 Å². The highest BCUT2D eigenvalue weighted by Gasteiger charge is 2.84. The molecular weight excluding hydrogens is 297 g/mol. The molecule has 0 fully saturated rings. The monoisotopic (exact) mass is 300 g/mol. The van der Waals surface area contributed by atoms with Gasteiger partial charge in [0.25, 0.3) is 0 Å². The van der Waals surface area contributed by atoms with E-state index in [1.54, 1.807) is 0 Å². The molecule has 12 heteroatoms. The molecule has 0 spiro atoms. The van der Waals surface area contributed by atoms with Gasteiger partial charge in [0.1, 0.15) is 0 Å². The molecule has 18 heavy (non-hydrogen) atoms. The molecule has 0 amide bonds. The van der Waals surface area contributed by atoms with E-state index in [0.29, 0.717) is 0 Å². The van der Waals surface area contributed by atoms with E-state index < -0.39 is 36.5 Å². The SMILES string of the molecule is OC(F)C(F)C(F)(F)C(F)(F)C(F)(F)C(F)(F)F. The first kappa shape index (κ1) is 17.2. The Labute approximate surface area is 91.2 Å². The van der Waals surface area contributed by atoms with E-state index in [9.17, 15) is 48.3 Å². The van der Waals surface area contributed by atoms with Crippen LogP contribution in [0.25, 0.3) is 0 Å². The molecule has 2 atom stereocenters. The number of hydrogen-bond acceptors (Lipinski definition) is 1. The quantitative estimate of drug-likeness (QED) is 0.791. The smallest absolute Gasteiger partial charge is 0.362 e. The third-order valence-electron chi connectivity index (χ3n) is 1.76. The zero-order chi connectivity index (χ0) is 15.2. The van der Waals surface area contributed by atoms with Crippen molar-refractivity contribution in [3.05, 3.63) is 0 Å². The first-order chi connectivity index (χ1) is 7.60. The van der Waals surface area contributed by atoms with Gasteiger partial charge in [-0.3, -0.25) is 0 Å². The van der Waals surface area contributed by atoms with E-state index in [1.807, 2.05) is 0 Å². The lowest BCUT2D eigenvalue weighted by Crippen LogP contribution is -2.64. The summed E-state index contributed by atoms with van der Waals surface area (Å²) in [6, 6.07) is 0. The summed E-state index contributed by atoms with van der Waals surface area (Å²) in [6.45, 7) is 0. The Morgan fingerprint density at radius 2 is 1.00 bits per heavy atom. The first-order valence-corrected chi connectivity index (χ1v) is 3.77. The van der Waals surface area contributed by atoms with Crippen LogP contribution in [0.2, 0.25) is 0 Å². The molecule has 0 bridgehead atoms. The van der Waals surface area contributed by atoms with E-state index in [-0.39, 0.29) is 0 Å². The summed E-state index contributed by atoms with van der Waals surface area (Å²) in [6.07, 6.45) is -16.4. The normalized spacial score (nSPS) is 18.7. The minimum Gasteiger partial charge on any atom is -0.362 e. The van der Waals surface area contributed by atoms with Crippen LogP contribution in [-0.4, -0.2) is 41.6 Å². The van der Waals surface area contributed by atoms with Crippen LogP contribution in [0.15, 0.2) is 0 Å². The minimum absolute atomic E-state index is 4.37. The van der Waals surface area contributed by atoms with Gasteiger partial charge in [-0.15, -0.1) is 0 Å². The fourth-order valence-electron chi connectivity index (χ4n) is 0.733. The van der Waals surface area contributed by atoms with Crippen LogP contribution in [0.4, 0.5) is 48.3 Å². The lowest BCUT2D eigenvalue weighted by Gasteiger charge is -2.34. The maximum Gasteiger partial charge on any atom is 0.460 e. The highest BCUT2D eigenvalue weighted by molar-refractivity contribution is 5.03. The lowest BCUT2D eigenvalue weighted by atomic mass is 10.00. The molecule has 0 aliphatic carbocycles. The van der Waals surface area contributed by atoms with E-state index in [1.165, 1.54) is 0 Å². The summed E-state index contributed by atoms with van der Waals surface area (Å²) in [4.78, 5) is 0. The molecular formula is C6H3F11O. The number of aliphatic hydroxyl groups excluding tert-OH is 1. The number of hydrogen-bond donors (Lipinski definition) is 1. The Bertz CT molecular complexity index is 292.